The van der Waals surface area contributed by atoms with Crippen LogP contribution in [0.25, 0.3) is 0 Å². The largest absolute Gasteiger partial charge is 0.356 e. The van der Waals surface area contributed by atoms with Crippen molar-refractivity contribution in [3.63, 3.8) is 0 Å². The third kappa shape index (κ3) is 6.33. The van der Waals surface area contributed by atoms with Gasteiger partial charge in [-0.1, -0.05) is 25.3 Å². The number of anilines is 1. The summed E-state index contributed by atoms with van der Waals surface area (Å²) in [6.45, 7) is 6.92. The van der Waals surface area contributed by atoms with Gasteiger partial charge in [0.15, 0.2) is 0 Å². The lowest BCUT2D eigenvalue weighted by atomic mass is 9.89. The number of benzene rings is 1. The molecule has 5 heteroatoms. The number of carbonyl (C=O) groups is 2. The van der Waals surface area contributed by atoms with Gasteiger partial charge < -0.3 is 10.6 Å². The Kier molecular flexibility index (Phi) is 7.49. The summed E-state index contributed by atoms with van der Waals surface area (Å²) < 4.78 is 0. The van der Waals surface area contributed by atoms with Crippen LogP contribution in [0, 0.1) is 25.7 Å². The lowest BCUT2D eigenvalue weighted by Crippen LogP contribution is -2.44. The molecule has 3 rings (SSSR count). The van der Waals surface area contributed by atoms with Crippen LogP contribution >= 0.6 is 0 Å². The first kappa shape index (κ1) is 20.8. The van der Waals surface area contributed by atoms with Crippen LogP contribution in [0.1, 0.15) is 56.1 Å². The van der Waals surface area contributed by atoms with E-state index in [1.807, 2.05) is 26.0 Å². The van der Waals surface area contributed by atoms with Crippen LogP contribution in [0.3, 0.4) is 0 Å². The van der Waals surface area contributed by atoms with Crippen molar-refractivity contribution in [2.45, 2.75) is 58.8 Å². The van der Waals surface area contributed by atoms with Crippen LogP contribution in [0.4, 0.5) is 5.69 Å². The normalized spacial score (nSPS) is 19.4. The van der Waals surface area contributed by atoms with Crippen LogP contribution in [0.15, 0.2) is 18.2 Å². The molecule has 0 spiro atoms. The Hall–Kier alpha value is -1.88. The zero-order valence-electron chi connectivity index (χ0n) is 17.4. The number of carbonyl (C=O) groups excluding carboxylic acids is 2. The maximum atomic E-state index is 12.5. The number of nitrogens with zero attached hydrogens (tertiary/aromatic N) is 1. The number of hydrogen-bond acceptors (Lipinski definition) is 3. The molecule has 1 aromatic carbocycles. The second kappa shape index (κ2) is 10.1. The molecule has 1 saturated carbocycles. The van der Waals surface area contributed by atoms with Crippen molar-refractivity contribution in [1.29, 1.82) is 0 Å². The second-order valence-electron chi connectivity index (χ2n) is 8.72. The molecule has 0 radical (unpaired) electrons. The third-order valence-corrected chi connectivity index (χ3v) is 6.12. The Bertz CT molecular complexity index is 654. The van der Waals surface area contributed by atoms with Crippen molar-refractivity contribution < 1.29 is 9.59 Å². The van der Waals surface area contributed by atoms with Crippen LogP contribution < -0.4 is 10.6 Å². The van der Waals surface area contributed by atoms with Gasteiger partial charge in [0.25, 0.3) is 0 Å². The summed E-state index contributed by atoms with van der Waals surface area (Å²) in [5.41, 5.74) is 3.16. The molecule has 5 nitrogen and oxygen atoms in total. The number of nitrogens with one attached hydrogen (secondary N) is 2. The Morgan fingerprint density at radius 2 is 1.61 bits per heavy atom. The van der Waals surface area contributed by atoms with Gasteiger partial charge in [-0.15, -0.1) is 0 Å². The molecule has 1 aromatic rings. The van der Waals surface area contributed by atoms with Gasteiger partial charge in [-0.2, -0.15) is 0 Å². The fourth-order valence-electron chi connectivity index (χ4n) is 4.58. The molecule has 2 aliphatic rings. The van der Waals surface area contributed by atoms with E-state index in [1.54, 1.807) is 0 Å². The van der Waals surface area contributed by atoms with Crippen LogP contribution in [-0.2, 0) is 9.59 Å². The summed E-state index contributed by atoms with van der Waals surface area (Å²) in [6, 6.07) is 6.08. The molecular weight excluding hydrogens is 350 g/mol. The van der Waals surface area contributed by atoms with E-state index >= 15 is 0 Å². The third-order valence-electron chi connectivity index (χ3n) is 6.12. The van der Waals surface area contributed by atoms with Gasteiger partial charge in [0.1, 0.15) is 0 Å². The molecule has 2 fully saturated rings. The van der Waals surface area contributed by atoms with Crippen LogP contribution in [0.5, 0.6) is 0 Å². The fourth-order valence-corrected chi connectivity index (χ4v) is 4.58. The van der Waals surface area contributed by atoms with E-state index in [-0.39, 0.29) is 17.7 Å². The zero-order valence-corrected chi connectivity index (χ0v) is 17.4. The second-order valence-corrected chi connectivity index (χ2v) is 8.72. The van der Waals surface area contributed by atoms with Crippen molar-refractivity contribution in [2.75, 3.05) is 31.5 Å². The topological polar surface area (TPSA) is 61.4 Å². The minimum atomic E-state index is 0.0187. The predicted molar refractivity (Wildman–Crippen MR) is 113 cm³/mol. The molecule has 1 saturated heterocycles. The van der Waals surface area contributed by atoms with Gasteiger partial charge in [0.05, 0.1) is 6.54 Å². The van der Waals surface area contributed by atoms with Gasteiger partial charge in [0.2, 0.25) is 11.8 Å². The first-order valence-corrected chi connectivity index (χ1v) is 10.9. The monoisotopic (exact) mass is 385 g/mol. The summed E-state index contributed by atoms with van der Waals surface area (Å²) in [4.78, 5) is 27.0. The first-order valence-electron chi connectivity index (χ1n) is 10.9. The van der Waals surface area contributed by atoms with Crippen molar-refractivity contribution in [3.8, 4) is 0 Å². The molecule has 0 aromatic heterocycles. The quantitative estimate of drug-likeness (QED) is 0.786. The molecular formula is C23H35N3O2. The number of amides is 2. The van der Waals surface area contributed by atoms with Crippen molar-refractivity contribution in [1.82, 2.24) is 10.2 Å². The Balaban J connectivity index is 1.37. The molecule has 28 heavy (non-hydrogen) atoms. The van der Waals surface area contributed by atoms with E-state index in [9.17, 15) is 9.59 Å². The first-order chi connectivity index (χ1) is 13.5. The Morgan fingerprint density at radius 1 is 0.964 bits per heavy atom. The maximum absolute atomic E-state index is 12.5. The molecule has 0 bridgehead atoms. The molecule has 1 aliphatic carbocycles. The van der Waals surface area contributed by atoms with Crippen molar-refractivity contribution >= 4 is 17.5 Å². The number of piperidine rings is 1. The molecule has 2 amide bonds. The summed E-state index contributed by atoms with van der Waals surface area (Å²) >= 11 is 0. The average Bonchev–Trinajstić information content (AvgIpc) is 2.66. The van der Waals surface area contributed by atoms with Crippen molar-refractivity contribution in [2.24, 2.45) is 11.8 Å². The highest BCUT2D eigenvalue weighted by molar-refractivity contribution is 5.92. The molecule has 0 atom stereocenters. The van der Waals surface area contributed by atoms with Gasteiger partial charge >= 0.3 is 0 Å². The van der Waals surface area contributed by atoms with Gasteiger partial charge in [-0.3, -0.25) is 14.5 Å². The van der Waals surface area contributed by atoms with Gasteiger partial charge in [0, 0.05) is 18.2 Å². The summed E-state index contributed by atoms with van der Waals surface area (Å²) in [5.74, 6) is 1.00. The van der Waals surface area contributed by atoms with E-state index in [2.05, 4.69) is 21.6 Å². The number of aryl methyl sites for hydroxylation is 2. The molecule has 1 heterocycles. The van der Waals surface area contributed by atoms with E-state index < -0.39 is 0 Å². The highest BCUT2D eigenvalue weighted by Gasteiger charge is 2.26. The smallest absolute Gasteiger partial charge is 0.238 e. The SMILES string of the molecule is Cc1cc(C)cc(NC(=O)CN2CCC(C(=O)NCC3CCCCC3)CC2)c1. The zero-order chi connectivity index (χ0) is 19.9. The highest BCUT2D eigenvalue weighted by Crippen LogP contribution is 2.23. The summed E-state index contributed by atoms with van der Waals surface area (Å²) in [5, 5.41) is 6.19. The predicted octanol–water partition coefficient (Wildman–Crippen LogP) is 3.65. The molecule has 0 unspecified atom stereocenters. The summed E-state index contributed by atoms with van der Waals surface area (Å²) in [6.07, 6.45) is 8.16. The lowest BCUT2D eigenvalue weighted by Gasteiger charge is -2.31. The van der Waals surface area contributed by atoms with Gasteiger partial charge in [-0.05, 0) is 81.8 Å². The maximum Gasteiger partial charge on any atom is 0.238 e. The number of rotatable bonds is 6. The van der Waals surface area contributed by atoms with Crippen molar-refractivity contribution in [3.05, 3.63) is 29.3 Å². The van der Waals surface area contributed by atoms with Crippen LogP contribution in [0.2, 0.25) is 0 Å². The highest BCUT2D eigenvalue weighted by atomic mass is 16.2. The standard InChI is InChI=1S/C23H35N3O2/c1-17-12-18(2)14-21(13-17)25-22(27)16-26-10-8-20(9-11-26)23(28)24-15-19-6-4-3-5-7-19/h12-14,19-20H,3-11,15-16H2,1-2H3,(H,24,28)(H,25,27). The van der Waals surface area contributed by atoms with E-state index in [0.717, 1.165) is 49.3 Å². The number of hydrogen-bond donors (Lipinski definition) is 2. The average molecular weight is 386 g/mol. The molecule has 154 valence electrons. The lowest BCUT2D eigenvalue weighted by molar-refractivity contribution is -0.126. The summed E-state index contributed by atoms with van der Waals surface area (Å²) in [7, 11) is 0. The molecule has 1 aliphatic heterocycles. The number of likely N-dealkylation sites (tertiary alicyclic amines) is 1. The van der Waals surface area contributed by atoms with E-state index in [0.29, 0.717) is 12.5 Å². The molecule has 2 N–H and O–H groups in total. The Labute approximate surface area is 169 Å². The van der Waals surface area contributed by atoms with Crippen LogP contribution in [-0.4, -0.2) is 42.9 Å². The van der Waals surface area contributed by atoms with E-state index in [4.69, 9.17) is 0 Å². The Morgan fingerprint density at radius 3 is 2.25 bits per heavy atom. The minimum absolute atomic E-state index is 0.0187. The van der Waals surface area contributed by atoms with Gasteiger partial charge in [-0.25, -0.2) is 0 Å². The fraction of sp³-hybridized carbons (Fsp3) is 0.652. The van der Waals surface area contributed by atoms with E-state index in [1.165, 1.54) is 32.1 Å². The minimum Gasteiger partial charge on any atom is -0.356 e.